The molecule has 0 saturated carbocycles. The van der Waals surface area contributed by atoms with Gasteiger partial charge in [-0.05, 0) is 37.7 Å². The van der Waals surface area contributed by atoms with Crippen LogP contribution in [0.15, 0.2) is 18.2 Å². The van der Waals surface area contributed by atoms with Gasteiger partial charge in [-0.25, -0.2) is 4.98 Å². The van der Waals surface area contributed by atoms with Gasteiger partial charge in [0.05, 0.1) is 18.8 Å². The number of hydrogen-bond acceptors (Lipinski definition) is 3. The van der Waals surface area contributed by atoms with Crippen LogP contribution in [0.25, 0.3) is 11.3 Å². The maximum absolute atomic E-state index is 5.53. The monoisotopic (exact) mass is 243 g/mol. The first-order valence-electron chi connectivity index (χ1n) is 6.24. The molecular formula is C14H17N3O. The van der Waals surface area contributed by atoms with Gasteiger partial charge in [0, 0.05) is 17.7 Å². The van der Waals surface area contributed by atoms with E-state index in [1.165, 1.54) is 5.56 Å². The summed E-state index contributed by atoms with van der Waals surface area (Å²) >= 11 is 0. The van der Waals surface area contributed by atoms with Gasteiger partial charge in [0.2, 0.25) is 0 Å². The lowest BCUT2D eigenvalue weighted by molar-refractivity contribution is 0.357. The highest BCUT2D eigenvalue weighted by Crippen LogP contribution is 2.30. The summed E-state index contributed by atoms with van der Waals surface area (Å²) in [5, 5.41) is 3.10. The highest BCUT2D eigenvalue weighted by atomic mass is 16.5. The standard InChI is InChI=1S/C14H17N3O/c1-9-14(17-13(16-9)8-15-2)11-3-4-12-10(7-11)5-6-18-12/h3-4,7,15H,5-6,8H2,1-2H3,(H,16,17). The molecule has 94 valence electrons. The lowest BCUT2D eigenvalue weighted by atomic mass is 10.1. The fraction of sp³-hybridized carbons (Fsp3) is 0.357. The van der Waals surface area contributed by atoms with Crippen LogP contribution in [0, 0.1) is 6.92 Å². The molecule has 3 rings (SSSR count). The molecule has 0 unspecified atom stereocenters. The third kappa shape index (κ3) is 1.88. The number of imidazole rings is 1. The minimum absolute atomic E-state index is 0.759. The van der Waals surface area contributed by atoms with Crippen LogP contribution in [0.2, 0.25) is 0 Å². The zero-order chi connectivity index (χ0) is 12.5. The molecule has 1 aliphatic rings. The Balaban J connectivity index is 1.99. The largest absolute Gasteiger partial charge is 0.493 e. The Morgan fingerprint density at radius 3 is 3.17 bits per heavy atom. The molecule has 0 atom stereocenters. The van der Waals surface area contributed by atoms with Gasteiger partial charge < -0.3 is 15.0 Å². The van der Waals surface area contributed by atoms with E-state index in [2.05, 4.69) is 34.3 Å². The number of ether oxygens (including phenoxy) is 1. The van der Waals surface area contributed by atoms with E-state index >= 15 is 0 Å². The minimum atomic E-state index is 0.759. The molecule has 1 aliphatic heterocycles. The molecule has 18 heavy (non-hydrogen) atoms. The van der Waals surface area contributed by atoms with Crippen LogP contribution in [0.3, 0.4) is 0 Å². The van der Waals surface area contributed by atoms with Gasteiger partial charge in [-0.2, -0.15) is 0 Å². The van der Waals surface area contributed by atoms with Gasteiger partial charge in [-0.1, -0.05) is 0 Å². The third-order valence-corrected chi connectivity index (χ3v) is 3.24. The van der Waals surface area contributed by atoms with Crippen molar-refractivity contribution in [2.75, 3.05) is 13.7 Å². The second kappa shape index (κ2) is 4.46. The molecule has 2 heterocycles. The van der Waals surface area contributed by atoms with Crippen LogP contribution in [0.5, 0.6) is 5.75 Å². The van der Waals surface area contributed by atoms with Crippen LogP contribution < -0.4 is 10.1 Å². The molecule has 1 aromatic carbocycles. The Kier molecular flexibility index (Phi) is 2.80. The van der Waals surface area contributed by atoms with Crippen LogP contribution in [-0.4, -0.2) is 23.6 Å². The first-order chi connectivity index (χ1) is 8.78. The Bertz CT molecular complexity index is 574. The summed E-state index contributed by atoms with van der Waals surface area (Å²) in [4.78, 5) is 7.94. The summed E-state index contributed by atoms with van der Waals surface area (Å²) in [5.74, 6) is 1.99. The van der Waals surface area contributed by atoms with Gasteiger partial charge in [0.15, 0.2) is 0 Å². The topological polar surface area (TPSA) is 49.9 Å². The quantitative estimate of drug-likeness (QED) is 0.867. The minimum Gasteiger partial charge on any atom is -0.493 e. The van der Waals surface area contributed by atoms with Crippen molar-refractivity contribution in [3.8, 4) is 17.0 Å². The fourth-order valence-corrected chi connectivity index (χ4v) is 2.39. The normalized spacial score (nSPS) is 13.4. The molecule has 0 saturated heterocycles. The van der Waals surface area contributed by atoms with Crippen LogP contribution in [0.1, 0.15) is 17.1 Å². The van der Waals surface area contributed by atoms with Crippen LogP contribution in [0.4, 0.5) is 0 Å². The highest BCUT2D eigenvalue weighted by Gasteiger charge is 2.15. The van der Waals surface area contributed by atoms with Gasteiger partial charge in [0.1, 0.15) is 11.6 Å². The first-order valence-corrected chi connectivity index (χ1v) is 6.24. The Morgan fingerprint density at radius 1 is 1.44 bits per heavy atom. The molecule has 2 aromatic rings. The summed E-state index contributed by atoms with van der Waals surface area (Å²) in [6.07, 6.45) is 0.996. The number of hydrogen-bond donors (Lipinski definition) is 2. The molecule has 0 radical (unpaired) electrons. The molecule has 2 N–H and O–H groups in total. The van der Waals surface area contributed by atoms with Crippen molar-refractivity contribution in [3.05, 3.63) is 35.3 Å². The summed E-state index contributed by atoms with van der Waals surface area (Å²) in [5.41, 5.74) is 4.59. The van der Waals surface area contributed by atoms with E-state index in [4.69, 9.17) is 4.74 Å². The molecule has 0 fully saturated rings. The van der Waals surface area contributed by atoms with Crippen LogP contribution in [-0.2, 0) is 13.0 Å². The van der Waals surface area contributed by atoms with E-state index in [0.717, 1.165) is 48.1 Å². The number of rotatable bonds is 3. The van der Waals surface area contributed by atoms with Crippen molar-refractivity contribution in [3.63, 3.8) is 0 Å². The van der Waals surface area contributed by atoms with Crippen molar-refractivity contribution in [1.82, 2.24) is 15.3 Å². The average molecular weight is 243 g/mol. The number of nitrogens with zero attached hydrogens (tertiary/aromatic N) is 1. The number of nitrogens with one attached hydrogen (secondary N) is 2. The molecule has 0 aliphatic carbocycles. The van der Waals surface area contributed by atoms with E-state index in [9.17, 15) is 0 Å². The Hall–Kier alpha value is -1.81. The van der Waals surface area contributed by atoms with Crippen molar-refractivity contribution in [2.45, 2.75) is 19.9 Å². The summed E-state index contributed by atoms with van der Waals surface area (Å²) in [7, 11) is 1.92. The molecule has 0 bridgehead atoms. The molecular weight excluding hydrogens is 226 g/mol. The van der Waals surface area contributed by atoms with Crippen molar-refractivity contribution >= 4 is 0 Å². The summed E-state index contributed by atoms with van der Waals surface area (Å²) in [6, 6.07) is 6.31. The molecule has 0 spiro atoms. The number of fused-ring (bicyclic) bond motifs is 1. The van der Waals surface area contributed by atoms with Crippen molar-refractivity contribution < 1.29 is 4.74 Å². The van der Waals surface area contributed by atoms with E-state index in [0.29, 0.717) is 0 Å². The number of aromatic nitrogens is 2. The SMILES string of the molecule is CNCc1nc(-c2ccc3c(c2)CCO3)c(C)[nH]1. The van der Waals surface area contributed by atoms with E-state index < -0.39 is 0 Å². The van der Waals surface area contributed by atoms with Crippen LogP contribution >= 0.6 is 0 Å². The average Bonchev–Trinajstić information content (AvgIpc) is 2.95. The smallest absolute Gasteiger partial charge is 0.122 e. The fourth-order valence-electron chi connectivity index (χ4n) is 2.39. The zero-order valence-electron chi connectivity index (χ0n) is 10.7. The first kappa shape index (κ1) is 11.3. The van der Waals surface area contributed by atoms with Crippen molar-refractivity contribution in [1.29, 1.82) is 0 Å². The van der Waals surface area contributed by atoms with E-state index in [1.807, 2.05) is 13.1 Å². The number of H-pyrrole nitrogens is 1. The highest BCUT2D eigenvalue weighted by molar-refractivity contribution is 5.65. The van der Waals surface area contributed by atoms with Crippen molar-refractivity contribution in [2.24, 2.45) is 0 Å². The predicted octanol–water partition coefficient (Wildman–Crippen LogP) is 2.04. The van der Waals surface area contributed by atoms with E-state index in [1.54, 1.807) is 0 Å². The molecule has 1 aromatic heterocycles. The summed E-state index contributed by atoms with van der Waals surface area (Å²) < 4.78 is 5.53. The molecule has 4 nitrogen and oxygen atoms in total. The third-order valence-electron chi connectivity index (χ3n) is 3.24. The van der Waals surface area contributed by atoms with Gasteiger partial charge in [0.25, 0.3) is 0 Å². The number of benzene rings is 1. The maximum atomic E-state index is 5.53. The predicted molar refractivity (Wildman–Crippen MR) is 70.7 cm³/mol. The lowest BCUT2D eigenvalue weighted by Gasteiger charge is -2.02. The molecule has 0 amide bonds. The summed E-state index contributed by atoms with van der Waals surface area (Å²) in [6.45, 7) is 3.61. The molecule has 4 heteroatoms. The zero-order valence-corrected chi connectivity index (χ0v) is 10.7. The van der Waals surface area contributed by atoms with Gasteiger partial charge in [-0.15, -0.1) is 0 Å². The second-order valence-corrected chi connectivity index (χ2v) is 4.61. The number of aromatic amines is 1. The van der Waals surface area contributed by atoms with Gasteiger partial charge in [-0.3, -0.25) is 0 Å². The maximum Gasteiger partial charge on any atom is 0.122 e. The van der Waals surface area contributed by atoms with E-state index in [-0.39, 0.29) is 0 Å². The van der Waals surface area contributed by atoms with Gasteiger partial charge >= 0.3 is 0 Å². The Morgan fingerprint density at radius 2 is 2.33 bits per heavy atom. The Labute approximate surface area is 106 Å². The lowest BCUT2D eigenvalue weighted by Crippen LogP contribution is -2.06. The second-order valence-electron chi connectivity index (χ2n) is 4.61. The number of aryl methyl sites for hydroxylation is 1.